The van der Waals surface area contributed by atoms with E-state index < -0.39 is 11.8 Å². The number of nitrogens with zero attached hydrogens (tertiary/aromatic N) is 2. The Bertz CT molecular complexity index is 1390. The van der Waals surface area contributed by atoms with Crippen molar-refractivity contribution in [2.75, 3.05) is 11.5 Å². The highest BCUT2D eigenvalue weighted by Gasteiger charge is 2.34. The van der Waals surface area contributed by atoms with E-state index in [9.17, 15) is 14.4 Å². The summed E-state index contributed by atoms with van der Waals surface area (Å²) in [6.07, 6.45) is 1.56. The maximum Gasteiger partial charge on any atom is 0.338 e. The zero-order chi connectivity index (χ0) is 25.3. The molecule has 35 heavy (non-hydrogen) atoms. The highest BCUT2D eigenvalue weighted by molar-refractivity contribution is 7.80. The van der Waals surface area contributed by atoms with Crippen molar-refractivity contribution < 1.29 is 19.1 Å². The minimum atomic E-state index is -0.568. The van der Waals surface area contributed by atoms with Crippen LogP contribution in [0, 0.1) is 13.8 Å². The minimum absolute atomic E-state index is 0.00780. The highest BCUT2D eigenvalue weighted by atomic mass is 35.5. The van der Waals surface area contributed by atoms with Crippen molar-refractivity contribution in [3.63, 3.8) is 0 Å². The molecule has 0 aliphatic carbocycles. The van der Waals surface area contributed by atoms with Gasteiger partial charge in [0.05, 0.1) is 17.9 Å². The number of rotatable bonds is 5. The van der Waals surface area contributed by atoms with Crippen LogP contribution in [-0.4, -0.2) is 34.1 Å². The van der Waals surface area contributed by atoms with Gasteiger partial charge in [-0.15, -0.1) is 0 Å². The first-order valence-electron chi connectivity index (χ1n) is 10.8. The average molecular weight is 508 g/mol. The molecule has 178 valence electrons. The Morgan fingerprint density at radius 2 is 1.80 bits per heavy atom. The van der Waals surface area contributed by atoms with E-state index in [1.165, 1.54) is 4.90 Å². The first-order chi connectivity index (χ1) is 16.7. The van der Waals surface area contributed by atoms with Gasteiger partial charge in [0.1, 0.15) is 5.57 Å². The highest BCUT2D eigenvalue weighted by Crippen LogP contribution is 2.27. The van der Waals surface area contributed by atoms with Crippen molar-refractivity contribution in [2.45, 2.75) is 20.8 Å². The fraction of sp³-hybridized carbons (Fsp3) is 0.154. The summed E-state index contributed by atoms with van der Waals surface area (Å²) in [5, 5.41) is 3.02. The standard InChI is InChI=1S/C26H22ClN3O4S/c1-4-34-25(33)17-8-10-20(11-9-17)29-15(2)12-18(16(29)3)13-22-23(31)28-26(35)30(24(22)32)21-7-5-6-19(27)14-21/h5-14H,4H2,1-3H3,(H,28,31,35)/b22-13-. The molecule has 0 bridgehead atoms. The Kier molecular flexibility index (Phi) is 6.86. The Balaban J connectivity index is 1.70. The molecule has 0 saturated carbocycles. The number of halogens is 1. The Labute approximate surface area is 212 Å². The number of hydrogen-bond acceptors (Lipinski definition) is 5. The Morgan fingerprint density at radius 3 is 2.46 bits per heavy atom. The molecule has 9 heteroatoms. The lowest BCUT2D eigenvalue weighted by atomic mass is 10.1. The number of anilines is 1. The fourth-order valence-corrected chi connectivity index (χ4v) is 4.42. The molecular formula is C26H22ClN3O4S. The van der Waals surface area contributed by atoms with E-state index in [1.54, 1.807) is 49.4 Å². The summed E-state index contributed by atoms with van der Waals surface area (Å²) in [4.78, 5) is 39.2. The van der Waals surface area contributed by atoms with Gasteiger partial charge < -0.3 is 9.30 Å². The van der Waals surface area contributed by atoms with Crippen LogP contribution in [-0.2, 0) is 14.3 Å². The zero-order valence-corrected chi connectivity index (χ0v) is 20.9. The summed E-state index contributed by atoms with van der Waals surface area (Å²) in [5.74, 6) is -1.49. The van der Waals surface area contributed by atoms with Gasteiger partial charge in [0.25, 0.3) is 11.8 Å². The smallest absolute Gasteiger partial charge is 0.338 e. The number of thiocarbonyl (C=S) groups is 1. The molecule has 1 aromatic heterocycles. The van der Waals surface area contributed by atoms with Crippen LogP contribution >= 0.6 is 23.8 Å². The van der Waals surface area contributed by atoms with E-state index in [0.717, 1.165) is 17.1 Å². The summed E-state index contributed by atoms with van der Waals surface area (Å²) in [5.41, 5.74) is 4.13. The maximum atomic E-state index is 13.3. The largest absolute Gasteiger partial charge is 0.462 e. The van der Waals surface area contributed by atoms with E-state index in [2.05, 4.69) is 5.32 Å². The second kappa shape index (κ2) is 9.85. The second-order valence-electron chi connectivity index (χ2n) is 7.87. The number of benzene rings is 2. The lowest BCUT2D eigenvalue weighted by Gasteiger charge is -2.29. The third-order valence-electron chi connectivity index (χ3n) is 5.57. The van der Waals surface area contributed by atoms with Crippen LogP contribution in [0.1, 0.15) is 34.2 Å². The summed E-state index contributed by atoms with van der Waals surface area (Å²) in [7, 11) is 0. The number of aryl methyl sites for hydroxylation is 1. The van der Waals surface area contributed by atoms with Crippen LogP contribution in [0.2, 0.25) is 5.02 Å². The summed E-state index contributed by atoms with van der Waals surface area (Å²) in [6, 6.07) is 15.6. The first-order valence-corrected chi connectivity index (χ1v) is 11.6. The number of carbonyl (C=O) groups is 3. The molecule has 0 spiro atoms. The van der Waals surface area contributed by atoms with Crippen molar-refractivity contribution in [1.82, 2.24) is 9.88 Å². The molecule has 2 heterocycles. The average Bonchev–Trinajstić information content (AvgIpc) is 3.09. The van der Waals surface area contributed by atoms with Crippen molar-refractivity contribution in [1.29, 1.82) is 0 Å². The van der Waals surface area contributed by atoms with Gasteiger partial charge in [-0.25, -0.2) is 4.79 Å². The summed E-state index contributed by atoms with van der Waals surface area (Å²) < 4.78 is 7.02. The van der Waals surface area contributed by atoms with E-state index in [1.807, 2.05) is 36.6 Å². The zero-order valence-electron chi connectivity index (χ0n) is 19.3. The van der Waals surface area contributed by atoms with Crippen molar-refractivity contribution in [3.05, 3.63) is 87.7 Å². The van der Waals surface area contributed by atoms with Crippen molar-refractivity contribution >= 4 is 58.5 Å². The van der Waals surface area contributed by atoms with E-state index in [0.29, 0.717) is 28.4 Å². The second-order valence-corrected chi connectivity index (χ2v) is 8.69. The third kappa shape index (κ3) is 4.76. The fourth-order valence-electron chi connectivity index (χ4n) is 3.95. The molecule has 4 rings (SSSR count). The summed E-state index contributed by atoms with van der Waals surface area (Å²) >= 11 is 11.3. The summed E-state index contributed by atoms with van der Waals surface area (Å²) in [6.45, 7) is 5.88. The molecular weight excluding hydrogens is 486 g/mol. The lowest BCUT2D eigenvalue weighted by molar-refractivity contribution is -0.122. The molecule has 1 fully saturated rings. The van der Waals surface area contributed by atoms with Gasteiger partial charge in [0.2, 0.25) is 0 Å². The minimum Gasteiger partial charge on any atom is -0.462 e. The molecule has 0 radical (unpaired) electrons. The number of nitrogens with one attached hydrogen (secondary N) is 1. The van der Waals surface area contributed by atoms with E-state index in [4.69, 9.17) is 28.6 Å². The van der Waals surface area contributed by atoms with E-state index >= 15 is 0 Å². The first kappa shape index (κ1) is 24.4. The van der Waals surface area contributed by atoms with Gasteiger partial charge in [-0.2, -0.15) is 0 Å². The van der Waals surface area contributed by atoms with Crippen LogP contribution in [0.15, 0.2) is 60.2 Å². The molecule has 2 aromatic carbocycles. The molecule has 2 amide bonds. The number of hydrogen-bond donors (Lipinski definition) is 1. The maximum absolute atomic E-state index is 13.3. The molecule has 0 atom stereocenters. The van der Waals surface area contributed by atoms with Crippen LogP contribution in [0.4, 0.5) is 5.69 Å². The van der Waals surface area contributed by atoms with Crippen LogP contribution in [0.3, 0.4) is 0 Å². The molecule has 3 aromatic rings. The van der Waals surface area contributed by atoms with Gasteiger partial charge in [0.15, 0.2) is 5.11 Å². The molecule has 1 aliphatic heterocycles. The lowest BCUT2D eigenvalue weighted by Crippen LogP contribution is -2.54. The van der Waals surface area contributed by atoms with E-state index in [-0.39, 0.29) is 16.7 Å². The van der Waals surface area contributed by atoms with Gasteiger partial charge in [0, 0.05) is 22.1 Å². The predicted molar refractivity (Wildman–Crippen MR) is 139 cm³/mol. The van der Waals surface area contributed by atoms with Crippen LogP contribution < -0.4 is 10.2 Å². The normalized spacial score (nSPS) is 14.9. The molecule has 1 saturated heterocycles. The van der Waals surface area contributed by atoms with Gasteiger partial charge in [-0.05, 0) is 93.2 Å². The molecule has 1 N–H and O–H groups in total. The molecule has 0 unspecified atom stereocenters. The van der Waals surface area contributed by atoms with Gasteiger partial charge in [-0.3, -0.25) is 19.8 Å². The quantitative estimate of drug-likeness (QED) is 0.233. The molecule has 1 aliphatic rings. The number of ether oxygens (including phenoxy) is 1. The van der Waals surface area contributed by atoms with Crippen molar-refractivity contribution in [3.8, 4) is 5.69 Å². The van der Waals surface area contributed by atoms with Gasteiger partial charge >= 0.3 is 5.97 Å². The van der Waals surface area contributed by atoms with Gasteiger partial charge in [-0.1, -0.05) is 17.7 Å². The Hall–Kier alpha value is -3.75. The SMILES string of the molecule is CCOC(=O)c1ccc(-n2c(C)cc(/C=C3/C(=O)NC(=S)N(c4cccc(Cl)c4)C3=O)c2C)cc1. The third-order valence-corrected chi connectivity index (χ3v) is 6.09. The monoisotopic (exact) mass is 507 g/mol. The number of aromatic nitrogens is 1. The van der Waals surface area contributed by atoms with Crippen molar-refractivity contribution in [2.24, 2.45) is 0 Å². The van der Waals surface area contributed by atoms with Crippen LogP contribution in [0.25, 0.3) is 11.8 Å². The molecule has 7 nitrogen and oxygen atoms in total. The van der Waals surface area contributed by atoms with Crippen LogP contribution in [0.5, 0.6) is 0 Å². The Morgan fingerprint density at radius 1 is 1.09 bits per heavy atom. The number of carbonyl (C=O) groups excluding carboxylic acids is 3. The topological polar surface area (TPSA) is 80.6 Å². The number of amides is 2. The number of esters is 1. The predicted octanol–water partition coefficient (Wildman–Crippen LogP) is 4.76.